The number of aromatic nitrogens is 2. The zero-order chi connectivity index (χ0) is 14.5. The van der Waals surface area contributed by atoms with Gasteiger partial charge in [-0.1, -0.05) is 0 Å². The average molecular weight is 307 g/mol. The van der Waals surface area contributed by atoms with Crippen LogP contribution in [0.2, 0.25) is 0 Å². The largest absolute Gasteiger partial charge is 0.432 e. The first-order valence-electron chi connectivity index (χ1n) is 5.48. The van der Waals surface area contributed by atoms with Crippen molar-refractivity contribution in [2.45, 2.75) is 12.7 Å². The van der Waals surface area contributed by atoms with Crippen LogP contribution in [0, 0.1) is 6.92 Å². The van der Waals surface area contributed by atoms with E-state index in [0.29, 0.717) is 11.5 Å². The molecule has 5 N–H and O–H groups in total. The third-order valence-electron chi connectivity index (χ3n) is 2.43. The number of hydrogen-bond acceptors (Lipinski definition) is 4. The van der Waals surface area contributed by atoms with Crippen molar-refractivity contribution in [2.24, 2.45) is 10.7 Å². The second kappa shape index (κ2) is 6.95. The molecule has 0 amide bonds. The molecule has 0 fully saturated rings. The van der Waals surface area contributed by atoms with Crippen molar-refractivity contribution in [1.29, 1.82) is 0 Å². The molecule has 0 saturated heterocycles. The van der Waals surface area contributed by atoms with Gasteiger partial charge in [0.15, 0.2) is 5.96 Å². The fourth-order valence-corrected chi connectivity index (χ4v) is 3.14. The van der Waals surface area contributed by atoms with Crippen LogP contribution in [0.15, 0.2) is 11.3 Å². The lowest BCUT2D eigenvalue weighted by Gasteiger charge is -2.23. The van der Waals surface area contributed by atoms with Crippen molar-refractivity contribution in [1.82, 2.24) is 14.6 Å². The maximum absolute atomic E-state index is 11.2. The number of nitrogens with zero attached hydrogens (tertiary/aromatic N) is 3. The van der Waals surface area contributed by atoms with Crippen LogP contribution in [0.5, 0.6) is 0 Å². The van der Waals surface area contributed by atoms with Crippen molar-refractivity contribution in [3.05, 3.63) is 17.7 Å². The Kier molecular flexibility index (Phi) is 5.86. The highest BCUT2D eigenvalue weighted by atomic mass is 32.2. The number of guanidine groups is 1. The van der Waals surface area contributed by atoms with Crippen molar-refractivity contribution in [2.75, 3.05) is 19.3 Å². The standard InChI is InChI=1S/C9H18N5O3PS/c1-7-8(13-6-12-7)5-19-4-3-14(9(10)11-2)18(15,16)17/h6H,3-5H2,1-2H3,(H2,10,11)(H,12,13)(H2,15,16,17). The molecule has 1 rings (SSSR count). The summed E-state index contributed by atoms with van der Waals surface area (Å²) >= 11 is 1.52. The van der Waals surface area contributed by atoms with Gasteiger partial charge >= 0.3 is 7.75 Å². The van der Waals surface area contributed by atoms with Crippen LogP contribution in [0.1, 0.15) is 11.4 Å². The predicted molar refractivity (Wildman–Crippen MR) is 75.8 cm³/mol. The number of H-pyrrole nitrogens is 1. The SMILES string of the molecule is CN=C(N)N(CCSCc1nc[nH]c1C)P(=O)(O)O. The molecule has 10 heteroatoms. The van der Waals surface area contributed by atoms with Crippen molar-refractivity contribution >= 4 is 25.5 Å². The molecule has 0 spiro atoms. The lowest BCUT2D eigenvalue weighted by molar-refractivity contribution is 0.319. The Bertz CT molecular complexity index is 486. The van der Waals surface area contributed by atoms with Crippen LogP contribution in [0.4, 0.5) is 0 Å². The van der Waals surface area contributed by atoms with E-state index in [4.69, 9.17) is 15.5 Å². The van der Waals surface area contributed by atoms with E-state index < -0.39 is 7.75 Å². The van der Waals surface area contributed by atoms with Crippen LogP contribution in [0.3, 0.4) is 0 Å². The van der Waals surface area contributed by atoms with Gasteiger partial charge in [0.1, 0.15) is 0 Å². The summed E-state index contributed by atoms with van der Waals surface area (Å²) in [4.78, 5) is 29.0. The van der Waals surface area contributed by atoms with Gasteiger partial charge in [0.25, 0.3) is 0 Å². The normalized spacial score (nSPS) is 12.7. The lowest BCUT2D eigenvalue weighted by Crippen LogP contribution is -2.36. The first kappa shape index (κ1) is 16.0. The average Bonchev–Trinajstić information content (AvgIpc) is 2.72. The molecule has 1 aromatic heterocycles. The van der Waals surface area contributed by atoms with Crippen molar-refractivity contribution in [3.63, 3.8) is 0 Å². The fraction of sp³-hybridized carbons (Fsp3) is 0.556. The molecule has 0 aromatic carbocycles. The molecule has 0 aliphatic heterocycles. The van der Waals surface area contributed by atoms with Gasteiger partial charge in [0.05, 0.1) is 12.0 Å². The first-order chi connectivity index (χ1) is 8.86. The number of rotatable bonds is 6. The van der Waals surface area contributed by atoms with E-state index in [1.165, 1.54) is 18.8 Å². The predicted octanol–water partition coefficient (Wildman–Crippen LogP) is 0.291. The van der Waals surface area contributed by atoms with Crippen LogP contribution in [-0.4, -0.2) is 49.7 Å². The Hall–Kier alpha value is -1.02. The summed E-state index contributed by atoms with van der Waals surface area (Å²) in [6.07, 6.45) is 1.62. The number of hydrogen-bond donors (Lipinski definition) is 4. The van der Waals surface area contributed by atoms with Crippen LogP contribution >= 0.6 is 19.5 Å². The van der Waals surface area contributed by atoms with E-state index in [1.54, 1.807) is 6.33 Å². The molecule has 108 valence electrons. The number of aryl methyl sites for hydroxylation is 1. The van der Waals surface area contributed by atoms with Gasteiger partial charge < -0.3 is 20.5 Å². The Morgan fingerprint density at radius 2 is 2.37 bits per heavy atom. The van der Waals surface area contributed by atoms with E-state index >= 15 is 0 Å². The quantitative estimate of drug-likeness (QED) is 0.257. The third-order valence-corrected chi connectivity index (χ3v) is 4.41. The van der Waals surface area contributed by atoms with E-state index in [1.807, 2.05) is 6.92 Å². The maximum atomic E-state index is 11.2. The third kappa shape index (κ3) is 4.87. The summed E-state index contributed by atoms with van der Waals surface area (Å²) in [5.41, 5.74) is 7.39. The summed E-state index contributed by atoms with van der Waals surface area (Å²) in [7, 11) is -3.03. The molecule has 0 aliphatic carbocycles. The Labute approximate surface area is 115 Å². The van der Waals surface area contributed by atoms with E-state index in [0.717, 1.165) is 16.1 Å². The number of thioether (sulfide) groups is 1. The molecular weight excluding hydrogens is 289 g/mol. The van der Waals surface area contributed by atoms with Crippen LogP contribution < -0.4 is 5.73 Å². The highest BCUT2D eigenvalue weighted by Gasteiger charge is 2.26. The number of imidazole rings is 1. The fourth-order valence-electron chi connectivity index (χ4n) is 1.35. The minimum atomic E-state index is -4.42. The zero-order valence-corrected chi connectivity index (χ0v) is 12.5. The smallest absolute Gasteiger partial charge is 0.369 e. The van der Waals surface area contributed by atoms with E-state index in [2.05, 4.69) is 15.0 Å². The minimum absolute atomic E-state index is 0.127. The van der Waals surface area contributed by atoms with Gasteiger partial charge in [-0.15, -0.1) is 0 Å². The van der Waals surface area contributed by atoms with Crippen molar-refractivity contribution < 1.29 is 14.4 Å². The monoisotopic (exact) mass is 307 g/mol. The minimum Gasteiger partial charge on any atom is -0.369 e. The summed E-state index contributed by atoms with van der Waals surface area (Å²) < 4.78 is 12.0. The van der Waals surface area contributed by atoms with Gasteiger partial charge in [0, 0.05) is 30.8 Å². The van der Waals surface area contributed by atoms with Crippen LogP contribution in [-0.2, 0) is 10.3 Å². The van der Waals surface area contributed by atoms with Gasteiger partial charge in [-0.2, -0.15) is 11.8 Å². The first-order valence-corrected chi connectivity index (χ1v) is 8.20. The van der Waals surface area contributed by atoms with Gasteiger partial charge in [-0.05, 0) is 6.92 Å². The highest BCUT2D eigenvalue weighted by molar-refractivity contribution is 7.98. The molecule has 1 heterocycles. The number of aliphatic imine (C=N–C) groups is 1. The van der Waals surface area contributed by atoms with Gasteiger partial charge in [-0.3, -0.25) is 4.99 Å². The lowest BCUT2D eigenvalue weighted by atomic mass is 10.4. The molecule has 0 bridgehead atoms. The number of nitrogens with two attached hydrogens (primary N) is 1. The zero-order valence-electron chi connectivity index (χ0n) is 10.8. The Balaban J connectivity index is 2.46. The maximum Gasteiger partial charge on any atom is 0.432 e. The molecule has 0 aliphatic rings. The second-order valence-electron chi connectivity index (χ2n) is 3.75. The summed E-state index contributed by atoms with van der Waals surface area (Å²) in [6, 6.07) is 0. The second-order valence-corrected chi connectivity index (χ2v) is 6.36. The molecule has 8 nitrogen and oxygen atoms in total. The van der Waals surface area contributed by atoms with Gasteiger partial charge in [0.2, 0.25) is 0 Å². The molecule has 1 aromatic rings. The van der Waals surface area contributed by atoms with E-state index in [-0.39, 0.29) is 12.5 Å². The molecule has 0 radical (unpaired) electrons. The number of nitrogens with one attached hydrogen (secondary N) is 1. The highest BCUT2D eigenvalue weighted by Crippen LogP contribution is 2.39. The van der Waals surface area contributed by atoms with Gasteiger partial charge in [-0.25, -0.2) is 14.2 Å². The molecule has 19 heavy (non-hydrogen) atoms. The molecule has 0 saturated carbocycles. The Morgan fingerprint density at radius 3 is 2.84 bits per heavy atom. The van der Waals surface area contributed by atoms with Crippen molar-refractivity contribution in [3.8, 4) is 0 Å². The van der Waals surface area contributed by atoms with E-state index in [9.17, 15) is 4.57 Å². The van der Waals surface area contributed by atoms with Crippen LogP contribution in [0.25, 0.3) is 0 Å². The number of aromatic amines is 1. The molecule has 0 unspecified atom stereocenters. The topological polar surface area (TPSA) is 128 Å². The Morgan fingerprint density at radius 1 is 1.68 bits per heavy atom. The summed E-state index contributed by atoms with van der Waals surface area (Å²) in [5.74, 6) is 1.02. The summed E-state index contributed by atoms with van der Waals surface area (Å²) in [6.45, 7) is 2.05. The summed E-state index contributed by atoms with van der Waals surface area (Å²) in [5, 5.41) is 0. The molecule has 0 atom stereocenters. The molecular formula is C9H18N5O3PS.